The van der Waals surface area contributed by atoms with Gasteiger partial charge in [-0.05, 0) is 38.1 Å². The van der Waals surface area contributed by atoms with E-state index in [1.54, 1.807) is 35.2 Å². The lowest BCUT2D eigenvalue weighted by Gasteiger charge is -2.33. The summed E-state index contributed by atoms with van der Waals surface area (Å²) < 4.78 is 5.66. The van der Waals surface area contributed by atoms with Crippen molar-refractivity contribution in [1.82, 2.24) is 4.90 Å². The van der Waals surface area contributed by atoms with E-state index in [2.05, 4.69) is 5.32 Å². The summed E-state index contributed by atoms with van der Waals surface area (Å²) in [6.07, 6.45) is 1.56. The Morgan fingerprint density at radius 3 is 2.58 bits per heavy atom. The van der Waals surface area contributed by atoms with Gasteiger partial charge in [0, 0.05) is 14.0 Å². The zero-order valence-electron chi connectivity index (χ0n) is 15.2. The van der Waals surface area contributed by atoms with Gasteiger partial charge < -0.3 is 14.6 Å². The molecule has 0 radical (unpaired) electrons. The number of nitrogens with one attached hydrogen (secondary N) is 1. The van der Waals surface area contributed by atoms with Crippen LogP contribution in [-0.2, 0) is 9.59 Å². The molecule has 0 spiro atoms. The molecule has 2 aromatic rings. The zero-order chi connectivity index (χ0) is 18.6. The largest absolute Gasteiger partial charge is 0.467 e. The number of nitrogens with zero attached hydrogens (tertiary/aromatic N) is 2. The molecule has 2 amide bonds. The maximum Gasteiger partial charge on any atom is 0.254 e. The third-order valence-corrected chi connectivity index (χ3v) is 5.36. The predicted molar refractivity (Wildman–Crippen MR) is 98.5 cm³/mol. The van der Waals surface area contributed by atoms with Gasteiger partial charge in [-0.15, -0.1) is 0 Å². The predicted octanol–water partition coefficient (Wildman–Crippen LogP) is 3.30. The van der Waals surface area contributed by atoms with Crippen LogP contribution in [0.15, 0.2) is 58.3 Å². The van der Waals surface area contributed by atoms with Crippen molar-refractivity contribution < 1.29 is 14.0 Å². The molecule has 1 N–H and O–H groups in total. The fourth-order valence-corrected chi connectivity index (χ4v) is 3.77. The van der Waals surface area contributed by atoms with Crippen LogP contribution in [0, 0.1) is 0 Å². The second-order valence-electron chi connectivity index (χ2n) is 7.16. The Hall–Kier alpha value is -3.02. The minimum atomic E-state index is -0.620. The summed E-state index contributed by atoms with van der Waals surface area (Å²) in [5.41, 5.74) is 2.32. The smallest absolute Gasteiger partial charge is 0.254 e. The zero-order valence-corrected chi connectivity index (χ0v) is 15.2. The molecular weight excluding hydrogens is 330 g/mol. The molecule has 0 saturated heterocycles. The molecule has 0 saturated carbocycles. The molecule has 6 nitrogen and oxygen atoms in total. The highest BCUT2D eigenvalue weighted by Crippen LogP contribution is 2.48. The topological polar surface area (TPSA) is 65.8 Å². The van der Waals surface area contributed by atoms with E-state index in [1.807, 2.05) is 38.1 Å². The van der Waals surface area contributed by atoms with Crippen LogP contribution in [0.1, 0.15) is 32.6 Å². The van der Waals surface area contributed by atoms with Crippen molar-refractivity contribution in [2.75, 3.05) is 17.3 Å². The molecule has 6 heteroatoms. The first-order valence-corrected chi connectivity index (χ1v) is 8.56. The standard InChI is InChI=1S/C20H21N3O3/c1-12(24)23-14-9-6-5-8-13(14)21-18-16(17(23)15-10-7-11-26-15)19(25)22(4)20(18,2)3/h5-11,17,21H,1-4H3. The third kappa shape index (κ3) is 2.11. The van der Waals surface area contributed by atoms with Gasteiger partial charge in [0.2, 0.25) is 5.91 Å². The number of benzene rings is 1. The van der Waals surface area contributed by atoms with Crippen molar-refractivity contribution in [3.8, 4) is 0 Å². The van der Waals surface area contributed by atoms with E-state index in [0.717, 1.165) is 17.1 Å². The van der Waals surface area contributed by atoms with Crippen LogP contribution in [0.5, 0.6) is 0 Å². The number of fused-ring (bicyclic) bond motifs is 1. The van der Waals surface area contributed by atoms with Gasteiger partial charge in [-0.2, -0.15) is 0 Å². The summed E-state index contributed by atoms with van der Waals surface area (Å²) in [5, 5.41) is 3.43. The molecule has 1 aromatic heterocycles. The normalized spacial score (nSPS) is 21.2. The Bertz CT molecular complexity index is 928. The van der Waals surface area contributed by atoms with Crippen molar-refractivity contribution in [3.63, 3.8) is 0 Å². The third-order valence-electron chi connectivity index (χ3n) is 5.36. The molecule has 0 aliphatic carbocycles. The Balaban J connectivity index is 2.05. The number of hydrogen-bond acceptors (Lipinski definition) is 4. The van der Waals surface area contributed by atoms with E-state index in [4.69, 9.17) is 4.42 Å². The van der Waals surface area contributed by atoms with Gasteiger partial charge in [-0.3, -0.25) is 14.5 Å². The molecule has 134 valence electrons. The molecule has 2 aliphatic heterocycles. The summed E-state index contributed by atoms with van der Waals surface area (Å²) in [6, 6.07) is 10.5. The number of carbonyl (C=O) groups excluding carboxylic acids is 2. The van der Waals surface area contributed by atoms with Crippen LogP contribution in [0.2, 0.25) is 0 Å². The molecule has 1 atom stereocenters. The number of amides is 2. The SMILES string of the molecule is CC(=O)N1c2ccccc2NC2=C(C(=O)N(C)C2(C)C)C1c1ccco1. The molecular formula is C20H21N3O3. The average molecular weight is 351 g/mol. The van der Waals surface area contributed by atoms with Gasteiger partial charge in [0.15, 0.2) is 0 Å². The van der Waals surface area contributed by atoms with E-state index < -0.39 is 11.6 Å². The van der Waals surface area contributed by atoms with Crippen LogP contribution >= 0.6 is 0 Å². The Labute approximate surface area is 152 Å². The molecule has 1 aromatic carbocycles. The first-order valence-electron chi connectivity index (χ1n) is 8.56. The maximum atomic E-state index is 13.2. The Morgan fingerprint density at radius 2 is 1.92 bits per heavy atom. The molecule has 4 rings (SSSR count). The summed E-state index contributed by atoms with van der Waals surface area (Å²) in [4.78, 5) is 29.2. The summed E-state index contributed by atoms with van der Waals surface area (Å²) in [5.74, 6) is 0.290. The number of anilines is 2. The van der Waals surface area contributed by atoms with Gasteiger partial charge in [-0.1, -0.05) is 12.1 Å². The number of furan rings is 1. The van der Waals surface area contributed by atoms with Crippen LogP contribution in [0.25, 0.3) is 0 Å². The monoisotopic (exact) mass is 351 g/mol. The summed E-state index contributed by atoms with van der Waals surface area (Å²) in [6.45, 7) is 5.49. The summed E-state index contributed by atoms with van der Waals surface area (Å²) >= 11 is 0. The first-order chi connectivity index (χ1) is 12.3. The number of rotatable bonds is 1. The van der Waals surface area contributed by atoms with E-state index in [9.17, 15) is 9.59 Å². The van der Waals surface area contributed by atoms with Crippen molar-refractivity contribution in [1.29, 1.82) is 0 Å². The molecule has 0 fully saturated rings. The Kier molecular flexibility index (Phi) is 3.47. The molecule has 0 bridgehead atoms. The second kappa shape index (κ2) is 5.49. The van der Waals surface area contributed by atoms with Crippen LogP contribution < -0.4 is 10.2 Å². The van der Waals surface area contributed by atoms with Gasteiger partial charge in [0.25, 0.3) is 5.91 Å². The van der Waals surface area contributed by atoms with Crippen molar-refractivity contribution >= 4 is 23.2 Å². The van der Waals surface area contributed by atoms with E-state index in [1.165, 1.54) is 6.92 Å². The first kappa shape index (κ1) is 16.4. The van der Waals surface area contributed by atoms with Gasteiger partial charge in [0.05, 0.1) is 34.4 Å². The van der Waals surface area contributed by atoms with Crippen molar-refractivity contribution in [2.45, 2.75) is 32.4 Å². The van der Waals surface area contributed by atoms with Gasteiger partial charge in [-0.25, -0.2) is 0 Å². The highest BCUT2D eigenvalue weighted by atomic mass is 16.3. The van der Waals surface area contributed by atoms with Crippen molar-refractivity contribution in [2.24, 2.45) is 0 Å². The summed E-state index contributed by atoms with van der Waals surface area (Å²) in [7, 11) is 1.78. The van der Waals surface area contributed by atoms with Crippen LogP contribution in [0.3, 0.4) is 0 Å². The lowest BCUT2D eigenvalue weighted by atomic mass is 9.95. The number of carbonyl (C=O) groups is 2. The molecule has 26 heavy (non-hydrogen) atoms. The number of hydrogen-bond donors (Lipinski definition) is 1. The molecule has 2 aliphatic rings. The number of para-hydroxylation sites is 2. The quantitative estimate of drug-likeness (QED) is 0.856. The van der Waals surface area contributed by atoms with Crippen LogP contribution in [-0.4, -0.2) is 29.3 Å². The van der Waals surface area contributed by atoms with Gasteiger partial charge >= 0.3 is 0 Å². The van der Waals surface area contributed by atoms with E-state index in [0.29, 0.717) is 11.3 Å². The highest BCUT2D eigenvalue weighted by molar-refractivity contribution is 6.06. The second-order valence-corrected chi connectivity index (χ2v) is 7.16. The van der Waals surface area contributed by atoms with E-state index in [-0.39, 0.29) is 11.8 Å². The minimum absolute atomic E-state index is 0.113. The lowest BCUT2D eigenvalue weighted by molar-refractivity contribution is -0.127. The van der Waals surface area contributed by atoms with Gasteiger partial charge in [0.1, 0.15) is 11.8 Å². The maximum absolute atomic E-state index is 13.2. The number of likely N-dealkylation sites (N-methyl/N-ethyl adjacent to an activating group) is 1. The molecule has 3 heterocycles. The average Bonchev–Trinajstić information content (AvgIpc) is 3.13. The fraction of sp³-hybridized carbons (Fsp3) is 0.300. The minimum Gasteiger partial charge on any atom is -0.467 e. The van der Waals surface area contributed by atoms with E-state index >= 15 is 0 Å². The Morgan fingerprint density at radius 1 is 1.19 bits per heavy atom. The fourth-order valence-electron chi connectivity index (χ4n) is 3.77. The lowest BCUT2D eigenvalue weighted by Crippen LogP contribution is -2.43. The van der Waals surface area contributed by atoms with Crippen molar-refractivity contribution in [3.05, 3.63) is 59.7 Å². The molecule has 1 unspecified atom stereocenters. The highest BCUT2D eigenvalue weighted by Gasteiger charge is 2.50. The van der Waals surface area contributed by atoms with Crippen LogP contribution in [0.4, 0.5) is 11.4 Å².